The van der Waals surface area contributed by atoms with Gasteiger partial charge in [-0.15, -0.1) is 4.34 Å². The van der Waals surface area contributed by atoms with Crippen LogP contribution in [0.1, 0.15) is 12.1 Å². The van der Waals surface area contributed by atoms with E-state index in [2.05, 4.69) is 15.0 Å². The maximum atomic E-state index is 12.6. The van der Waals surface area contributed by atoms with Crippen LogP contribution in [0.15, 0.2) is 23.5 Å². The Kier molecular flexibility index (Phi) is 5.00. The van der Waals surface area contributed by atoms with Crippen LogP contribution >= 0.6 is 7.75 Å². The Morgan fingerprint density at radius 1 is 1.43 bits per heavy atom. The first kappa shape index (κ1) is 20.7. The van der Waals surface area contributed by atoms with Crippen molar-refractivity contribution in [3.05, 3.63) is 34.9 Å². The highest BCUT2D eigenvalue weighted by molar-refractivity contribution is 7.51. The first-order valence-corrected chi connectivity index (χ1v) is 10.4. The van der Waals surface area contributed by atoms with Crippen molar-refractivity contribution in [1.82, 2.24) is 23.9 Å². The van der Waals surface area contributed by atoms with Crippen LogP contribution in [0.3, 0.4) is 0 Å². The molecule has 162 valence electrons. The zero-order valence-corrected chi connectivity index (χ0v) is 16.9. The van der Waals surface area contributed by atoms with E-state index in [9.17, 15) is 24.5 Å². The molecule has 0 aliphatic carbocycles. The average Bonchev–Trinajstić information content (AvgIpc) is 3.32. The minimum absolute atomic E-state index is 0.0231. The fourth-order valence-electron chi connectivity index (χ4n) is 3.27. The number of hydrogen-bond acceptors (Lipinski definition) is 9. The average molecular weight is 442 g/mol. The molecule has 30 heavy (non-hydrogen) atoms. The van der Waals surface area contributed by atoms with Crippen molar-refractivity contribution in [2.24, 2.45) is 7.05 Å². The molecule has 0 saturated carbocycles. The van der Waals surface area contributed by atoms with Crippen molar-refractivity contribution in [2.45, 2.75) is 31.5 Å². The number of fused-ring (bicyclic) bond motifs is 1. The second-order valence-corrected chi connectivity index (χ2v) is 8.58. The number of aliphatic hydroxyl groups excluding tert-OH is 2. The Labute approximate surface area is 168 Å². The van der Waals surface area contributed by atoms with Crippen LogP contribution in [-0.4, -0.2) is 63.9 Å². The lowest BCUT2D eigenvalue weighted by Gasteiger charge is -2.16. The molecule has 0 aromatic carbocycles. The van der Waals surface area contributed by atoms with Crippen molar-refractivity contribution in [3.8, 4) is 0 Å². The van der Waals surface area contributed by atoms with E-state index in [0.29, 0.717) is 5.82 Å². The molecular weight excluding hydrogens is 421 g/mol. The molecule has 0 bridgehead atoms. The van der Waals surface area contributed by atoms with Crippen molar-refractivity contribution in [3.63, 3.8) is 0 Å². The molecule has 4 heterocycles. The van der Waals surface area contributed by atoms with E-state index < -0.39 is 44.5 Å². The summed E-state index contributed by atoms with van der Waals surface area (Å²) in [5, 5.41) is 20.8. The number of aliphatic hydroxyl groups is 2. The van der Waals surface area contributed by atoms with Crippen LogP contribution in [0.25, 0.3) is 11.2 Å². The minimum Gasteiger partial charge on any atom is -0.387 e. The molecule has 1 aliphatic heterocycles. The standard InChI is InChI=1S/C15H20N7O7P/c1-7-20(2)3-4-22(7)30(26,27)28-5-8-10(23)11(24)14(29-8)21-6-17-9-12(21)18-15(16)19-13(9)25/h3-4,6,8,10-11,14,23-24H,5H2,1-2H3,(H3-,16,18,19,25,26,27)/p+1/t8-,10-,11-,14-/m1/s1. The summed E-state index contributed by atoms with van der Waals surface area (Å²) in [4.78, 5) is 32.4. The zero-order valence-electron chi connectivity index (χ0n) is 16.0. The van der Waals surface area contributed by atoms with Gasteiger partial charge < -0.3 is 20.7 Å². The third-order valence-corrected chi connectivity index (χ3v) is 6.47. The van der Waals surface area contributed by atoms with Crippen LogP contribution < -0.4 is 15.9 Å². The van der Waals surface area contributed by atoms with Crippen LogP contribution in [-0.2, 0) is 20.9 Å². The first-order valence-electron chi connectivity index (χ1n) is 8.86. The zero-order chi connectivity index (χ0) is 21.8. The monoisotopic (exact) mass is 442 g/mol. The Balaban J connectivity index is 1.55. The van der Waals surface area contributed by atoms with E-state index in [0.717, 1.165) is 4.34 Å². The van der Waals surface area contributed by atoms with E-state index in [1.54, 1.807) is 24.7 Å². The van der Waals surface area contributed by atoms with Gasteiger partial charge in [0.1, 0.15) is 30.7 Å². The number of aromatic nitrogens is 6. The first-order chi connectivity index (χ1) is 14.1. The summed E-state index contributed by atoms with van der Waals surface area (Å²) in [5.41, 5.74) is 5.02. The quantitative estimate of drug-likeness (QED) is 0.216. The normalized spacial score (nSPS) is 26.3. The minimum atomic E-state index is -4.26. The summed E-state index contributed by atoms with van der Waals surface area (Å²) >= 11 is 0. The summed E-state index contributed by atoms with van der Waals surface area (Å²) in [5.74, 6) is 0.323. The van der Waals surface area contributed by atoms with Gasteiger partial charge in [0.25, 0.3) is 11.4 Å². The van der Waals surface area contributed by atoms with Crippen molar-refractivity contribution < 1.29 is 33.5 Å². The van der Waals surface area contributed by atoms with E-state index in [1.165, 1.54) is 17.1 Å². The maximum absolute atomic E-state index is 12.6. The topological polar surface area (TPSA) is 195 Å². The molecule has 0 amide bonds. The summed E-state index contributed by atoms with van der Waals surface area (Å²) < 4.78 is 27.3. The summed E-state index contributed by atoms with van der Waals surface area (Å²) in [7, 11) is -2.56. The Hall–Kier alpha value is -2.61. The molecule has 3 aromatic heterocycles. The molecule has 1 fully saturated rings. The Morgan fingerprint density at radius 3 is 2.83 bits per heavy atom. The summed E-state index contributed by atoms with van der Waals surface area (Å²) in [6.45, 7) is 1.16. The van der Waals surface area contributed by atoms with E-state index >= 15 is 0 Å². The number of aryl methyl sites for hydroxylation is 1. The van der Waals surface area contributed by atoms with Crippen LogP contribution in [0.2, 0.25) is 0 Å². The SMILES string of the molecule is Cc1n(P(=O)(O)OC[C@H]2O[C@@H](n3cnc4c(=O)[nH]c(N)nc43)[C@H](O)[C@@H]2O)cc[n+]1C. The maximum Gasteiger partial charge on any atom is 0.525 e. The number of hydrogen-bond donors (Lipinski definition) is 5. The second-order valence-electron chi connectivity index (χ2n) is 6.91. The smallest absolute Gasteiger partial charge is 0.387 e. The van der Waals surface area contributed by atoms with Gasteiger partial charge in [0.05, 0.1) is 20.0 Å². The lowest BCUT2D eigenvalue weighted by atomic mass is 10.1. The molecule has 3 aromatic rings. The van der Waals surface area contributed by atoms with Gasteiger partial charge in [-0.1, -0.05) is 0 Å². The van der Waals surface area contributed by atoms with Gasteiger partial charge in [0.15, 0.2) is 17.4 Å². The second kappa shape index (κ2) is 7.27. The van der Waals surface area contributed by atoms with Crippen molar-refractivity contribution >= 4 is 24.9 Å². The van der Waals surface area contributed by atoms with Gasteiger partial charge >= 0.3 is 7.75 Å². The molecule has 1 unspecified atom stereocenters. The fraction of sp³-hybridized carbons (Fsp3) is 0.467. The van der Waals surface area contributed by atoms with Crippen LogP contribution in [0.5, 0.6) is 0 Å². The number of nitrogens with two attached hydrogens (primary N) is 1. The number of rotatable bonds is 5. The predicted molar refractivity (Wildman–Crippen MR) is 100 cm³/mol. The van der Waals surface area contributed by atoms with Gasteiger partial charge in [-0.2, -0.15) is 4.98 Å². The van der Waals surface area contributed by atoms with Gasteiger partial charge in [-0.25, -0.2) is 14.1 Å². The predicted octanol–water partition coefficient (Wildman–Crippen LogP) is -2.08. The molecular formula is C15H21N7O7P+. The molecule has 5 atom stereocenters. The van der Waals surface area contributed by atoms with E-state index in [-0.39, 0.29) is 17.1 Å². The number of anilines is 1. The molecule has 1 saturated heterocycles. The number of imidazole rings is 2. The van der Waals surface area contributed by atoms with E-state index in [4.69, 9.17) is 15.0 Å². The summed E-state index contributed by atoms with van der Waals surface area (Å²) in [6.07, 6.45) is -0.979. The molecule has 4 rings (SSSR count). The largest absolute Gasteiger partial charge is 0.525 e. The van der Waals surface area contributed by atoms with Crippen LogP contribution in [0, 0.1) is 6.92 Å². The summed E-state index contributed by atoms with van der Waals surface area (Å²) in [6, 6.07) is 0. The van der Waals surface area contributed by atoms with Gasteiger partial charge in [-0.3, -0.25) is 23.8 Å². The third kappa shape index (κ3) is 3.33. The number of nitrogens with one attached hydrogen (secondary N) is 1. The highest BCUT2D eigenvalue weighted by atomic mass is 31.2. The van der Waals surface area contributed by atoms with Crippen molar-refractivity contribution in [1.29, 1.82) is 0 Å². The number of ether oxygens (including phenoxy) is 1. The number of nitrogen functional groups attached to an aromatic ring is 1. The Bertz CT molecular complexity index is 1200. The van der Waals surface area contributed by atoms with Crippen molar-refractivity contribution in [2.75, 3.05) is 12.3 Å². The molecule has 15 heteroatoms. The fourth-order valence-corrected chi connectivity index (χ4v) is 4.47. The third-order valence-electron chi connectivity index (χ3n) is 5.01. The van der Waals surface area contributed by atoms with Gasteiger partial charge in [-0.05, 0) is 0 Å². The molecule has 0 spiro atoms. The molecule has 0 radical (unpaired) electrons. The molecule has 6 N–H and O–H groups in total. The molecule has 1 aliphatic rings. The number of aromatic amines is 1. The highest BCUT2D eigenvalue weighted by Crippen LogP contribution is 2.45. The lowest BCUT2D eigenvalue weighted by molar-refractivity contribution is -0.676. The van der Waals surface area contributed by atoms with Gasteiger partial charge in [0, 0.05) is 6.92 Å². The molecule has 14 nitrogen and oxygen atoms in total. The van der Waals surface area contributed by atoms with E-state index in [1.807, 2.05) is 0 Å². The number of nitrogens with zero attached hydrogens (tertiary/aromatic N) is 5. The lowest BCUT2D eigenvalue weighted by Crippen LogP contribution is -2.34. The Morgan fingerprint density at radius 2 is 2.17 bits per heavy atom. The van der Waals surface area contributed by atoms with Crippen LogP contribution in [0.4, 0.5) is 5.95 Å². The number of H-pyrrole nitrogens is 1. The van der Waals surface area contributed by atoms with Gasteiger partial charge in [0.2, 0.25) is 5.95 Å². The highest BCUT2D eigenvalue weighted by Gasteiger charge is 2.46.